The number of aliphatic carboxylic acids is 1. The molecular weight excluding hydrogens is 277 g/mol. The third kappa shape index (κ3) is 6.91. The second-order valence-electron chi connectivity index (χ2n) is 3.42. The van der Waals surface area contributed by atoms with Crippen LogP contribution < -0.4 is 61.8 Å². The van der Waals surface area contributed by atoms with E-state index >= 15 is 0 Å². The Balaban J connectivity index is 0.00000289. The fraction of sp³-hybridized carbons (Fsp3) is 0.333. The van der Waals surface area contributed by atoms with Crippen molar-refractivity contribution < 1.29 is 66.1 Å². The SMILES string of the molecule is CCc1ccccc1NC(=O)CSCC(=O)[O-].[K+]. The van der Waals surface area contributed by atoms with E-state index in [1.807, 2.05) is 31.2 Å². The van der Waals surface area contributed by atoms with Crippen LogP contribution in [0.15, 0.2) is 24.3 Å². The summed E-state index contributed by atoms with van der Waals surface area (Å²) in [5.74, 6) is -1.40. The van der Waals surface area contributed by atoms with E-state index in [9.17, 15) is 14.7 Å². The van der Waals surface area contributed by atoms with E-state index in [0.717, 1.165) is 29.4 Å². The van der Waals surface area contributed by atoms with Gasteiger partial charge in [0.1, 0.15) is 0 Å². The number of carboxylic acids is 1. The minimum atomic E-state index is -1.16. The predicted molar refractivity (Wildman–Crippen MR) is 66.8 cm³/mol. The molecule has 1 rings (SSSR count). The summed E-state index contributed by atoms with van der Waals surface area (Å²) in [4.78, 5) is 21.7. The van der Waals surface area contributed by atoms with Gasteiger partial charge in [0.25, 0.3) is 0 Å². The maximum absolute atomic E-state index is 11.5. The van der Waals surface area contributed by atoms with Crippen molar-refractivity contribution in [1.82, 2.24) is 0 Å². The first kappa shape index (κ1) is 18.1. The molecule has 0 atom stereocenters. The predicted octanol–water partition coefficient (Wildman–Crippen LogP) is -2.33. The molecule has 0 heterocycles. The largest absolute Gasteiger partial charge is 1.00 e. The van der Waals surface area contributed by atoms with Gasteiger partial charge in [0.05, 0.1) is 11.7 Å². The van der Waals surface area contributed by atoms with Crippen molar-refractivity contribution >= 4 is 29.3 Å². The molecule has 0 bridgehead atoms. The Morgan fingerprint density at radius 2 is 1.94 bits per heavy atom. The Bertz CT molecular complexity index is 412. The molecule has 1 aromatic carbocycles. The average molecular weight is 291 g/mol. The van der Waals surface area contributed by atoms with Crippen LogP contribution in [0.2, 0.25) is 0 Å². The summed E-state index contributed by atoms with van der Waals surface area (Å²) in [7, 11) is 0. The number of carbonyl (C=O) groups is 2. The number of benzene rings is 1. The summed E-state index contributed by atoms with van der Waals surface area (Å²) in [6, 6.07) is 7.55. The molecule has 6 heteroatoms. The molecule has 18 heavy (non-hydrogen) atoms. The van der Waals surface area contributed by atoms with Crippen LogP contribution in [0, 0.1) is 0 Å². The van der Waals surface area contributed by atoms with E-state index in [1.165, 1.54) is 0 Å². The number of carboxylic acid groups (broad SMARTS) is 1. The van der Waals surface area contributed by atoms with Crippen molar-refractivity contribution in [1.29, 1.82) is 0 Å². The van der Waals surface area contributed by atoms with Crippen LogP contribution in [-0.2, 0) is 16.0 Å². The smallest absolute Gasteiger partial charge is 0.549 e. The van der Waals surface area contributed by atoms with Gasteiger partial charge >= 0.3 is 51.4 Å². The van der Waals surface area contributed by atoms with E-state index in [2.05, 4.69) is 5.32 Å². The van der Waals surface area contributed by atoms with Gasteiger partial charge in [-0.3, -0.25) is 4.79 Å². The number of hydrogen-bond acceptors (Lipinski definition) is 4. The fourth-order valence-corrected chi connectivity index (χ4v) is 1.89. The molecule has 0 aliphatic carbocycles. The van der Waals surface area contributed by atoms with Gasteiger partial charge in [-0.1, -0.05) is 25.1 Å². The van der Waals surface area contributed by atoms with Gasteiger partial charge in [0, 0.05) is 11.4 Å². The summed E-state index contributed by atoms with van der Waals surface area (Å²) < 4.78 is 0. The van der Waals surface area contributed by atoms with Gasteiger partial charge in [-0.25, -0.2) is 0 Å². The average Bonchev–Trinajstić information content (AvgIpc) is 2.29. The summed E-state index contributed by atoms with van der Waals surface area (Å²) in [6.45, 7) is 2.01. The molecule has 0 aliphatic heterocycles. The summed E-state index contributed by atoms with van der Waals surface area (Å²) in [5, 5.41) is 12.9. The third-order valence-corrected chi connectivity index (χ3v) is 3.03. The number of anilines is 1. The van der Waals surface area contributed by atoms with Crippen LogP contribution in [0.3, 0.4) is 0 Å². The zero-order valence-electron chi connectivity index (χ0n) is 10.6. The molecule has 0 radical (unpaired) electrons. The van der Waals surface area contributed by atoms with Gasteiger partial charge in [-0.2, -0.15) is 0 Å². The zero-order chi connectivity index (χ0) is 12.7. The number of thioether (sulfide) groups is 1. The number of amides is 1. The molecule has 0 unspecified atom stereocenters. The van der Waals surface area contributed by atoms with Crippen molar-refractivity contribution in [3.8, 4) is 0 Å². The normalized spacial score (nSPS) is 9.39. The van der Waals surface area contributed by atoms with Crippen LogP contribution in [-0.4, -0.2) is 23.4 Å². The Morgan fingerprint density at radius 1 is 1.28 bits per heavy atom. The monoisotopic (exact) mass is 291 g/mol. The van der Waals surface area contributed by atoms with Crippen molar-refractivity contribution in [2.24, 2.45) is 0 Å². The Hall–Kier alpha value is 0.146. The molecule has 92 valence electrons. The zero-order valence-corrected chi connectivity index (χ0v) is 14.5. The van der Waals surface area contributed by atoms with Gasteiger partial charge < -0.3 is 15.2 Å². The first-order chi connectivity index (χ1) is 8.13. The topological polar surface area (TPSA) is 69.2 Å². The Kier molecular flexibility index (Phi) is 10.1. The second kappa shape index (κ2) is 10.00. The molecule has 4 nitrogen and oxygen atoms in total. The van der Waals surface area contributed by atoms with Crippen molar-refractivity contribution in [3.05, 3.63) is 29.8 Å². The van der Waals surface area contributed by atoms with Gasteiger partial charge in [0.2, 0.25) is 5.91 Å². The first-order valence-electron chi connectivity index (χ1n) is 5.28. The van der Waals surface area contributed by atoms with Gasteiger partial charge in [-0.15, -0.1) is 11.8 Å². The molecule has 0 aliphatic rings. The molecule has 0 fully saturated rings. The molecule has 0 spiro atoms. The summed E-state index contributed by atoms with van der Waals surface area (Å²) in [5.41, 5.74) is 1.85. The quantitative estimate of drug-likeness (QED) is 0.597. The van der Waals surface area contributed by atoms with E-state index in [1.54, 1.807) is 0 Å². The fourth-order valence-electron chi connectivity index (χ4n) is 1.36. The maximum Gasteiger partial charge on any atom is 1.00 e. The second-order valence-corrected chi connectivity index (χ2v) is 4.41. The Morgan fingerprint density at radius 3 is 2.56 bits per heavy atom. The molecule has 0 aromatic heterocycles. The van der Waals surface area contributed by atoms with E-state index in [4.69, 9.17) is 0 Å². The minimum absolute atomic E-state index is 0. The van der Waals surface area contributed by atoms with Gasteiger partial charge in [0.15, 0.2) is 0 Å². The van der Waals surface area contributed by atoms with Crippen LogP contribution in [0.4, 0.5) is 5.69 Å². The van der Waals surface area contributed by atoms with Crippen molar-refractivity contribution in [2.75, 3.05) is 16.8 Å². The molecule has 0 saturated heterocycles. The summed E-state index contributed by atoms with van der Waals surface area (Å²) in [6.07, 6.45) is 0.836. The van der Waals surface area contributed by atoms with Crippen LogP contribution >= 0.6 is 11.8 Å². The maximum atomic E-state index is 11.5. The number of hydrogen-bond donors (Lipinski definition) is 1. The first-order valence-corrected chi connectivity index (χ1v) is 6.44. The molecular formula is C12H14KNO3S. The third-order valence-electron chi connectivity index (χ3n) is 2.13. The van der Waals surface area contributed by atoms with Crippen LogP contribution in [0.1, 0.15) is 12.5 Å². The van der Waals surface area contributed by atoms with E-state index in [-0.39, 0.29) is 68.8 Å². The number of carbonyl (C=O) groups excluding carboxylic acids is 2. The van der Waals surface area contributed by atoms with E-state index < -0.39 is 5.97 Å². The number of aryl methyl sites for hydroxylation is 1. The standard InChI is InChI=1S/C12H15NO3S.K/c1-2-9-5-3-4-6-10(9)13-11(14)7-17-8-12(15)16;/h3-6H,2,7-8H2,1H3,(H,13,14)(H,15,16);/q;+1/p-1. The van der Waals surface area contributed by atoms with E-state index in [0.29, 0.717) is 0 Å². The van der Waals surface area contributed by atoms with Gasteiger partial charge in [-0.05, 0) is 18.1 Å². The summed E-state index contributed by atoms with van der Waals surface area (Å²) >= 11 is 1.03. The number of rotatable bonds is 6. The Labute approximate surface area is 153 Å². The number of nitrogens with one attached hydrogen (secondary N) is 1. The molecule has 0 saturated carbocycles. The van der Waals surface area contributed by atoms with Crippen LogP contribution in [0.5, 0.6) is 0 Å². The van der Waals surface area contributed by atoms with Crippen molar-refractivity contribution in [2.45, 2.75) is 13.3 Å². The molecule has 1 amide bonds. The molecule has 1 N–H and O–H groups in total. The molecule has 1 aromatic rings. The van der Waals surface area contributed by atoms with Crippen molar-refractivity contribution in [3.63, 3.8) is 0 Å². The minimum Gasteiger partial charge on any atom is -0.549 e. The van der Waals surface area contributed by atoms with Crippen LogP contribution in [0.25, 0.3) is 0 Å². The number of para-hydroxylation sites is 1.